The van der Waals surface area contributed by atoms with Gasteiger partial charge < -0.3 is 10.2 Å². The molecule has 0 spiro atoms. The van der Waals surface area contributed by atoms with Crippen molar-refractivity contribution in [2.75, 3.05) is 18.4 Å². The first-order chi connectivity index (χ1) is 12.3. The molecule has 3 rings (SSSR count). The summed E-state index contributed by atoms with van der Waals surface area (Å²) in [6.07, 6.45) is 3.17. The predicted molar refractivity (Wildman–Crippen MR) is 98.2 cm³/mol. The fourth-order valence-corrected chi connectivity index (χ4v) is 4.78. The highest BCUT2D eigenvalue weighted by atomic mass is 32.2. The van der Waals surface area contributed by atoms with Crippen molar-refractivity contribution in [1.82, 2.24) is 9.62 Å². The molecule has 0 aliphatic carbocycles. The van der Waals surface area contributed by atoms with Crippen molar-refractivity contribution in [2.24, 2.45) is 5.92 Å². The summed E-state index contributed by atoms with van der Waals surface area (Å²) in [7, 11) is -3.86. The number of likely N-dealkylation sites (tertiary alicyclic amines) is 1. The molecule has 0 radical (unpaired) electrons. The minimum absolute atomic E-state index is 0.0739. The topological polar surface area (TPSA) is 95.6 Å². The molecule has 0 aromatic heterocycles. The van der Waals surface area contributed by atoms with Gasteiger partial charge >= 0.3 is 0 Å². The lowest BCUT2D eigenvalue weighted by Crippen LogP contribution is -2.52. The van der Waals surface area contributed by atoms with Gasteiger partial charge in [0.2, 0.25) is 21.8 Å². The molecule has 2 aliphatic heterocycles. The number of hydrogen-bond donors (Lipinski definition) is 2. The maximum absolute atomic E-state index is 12.8. The molecule has 8 heteroatoms. The average Bonchev–Trinajstić information content (AvgIpc) is 2.99. The number of hydrogen-bond acceptors (Lipinski definition) is 4. The van der Waals surface area contributed by atoms with Crippen LogP contribution in [0.5, 0.6) is 0 Å². The van der Waals surface area contributed by atoms with Crippen LogP contribution in [0.15, 0.2) is 23.1 Å². The van der Waals surface area contributed by atoms with Crippen LogP contribution in [0.4, 0.5) is 5.69 Å². The van der Waals surface area contributed by atoms with Gasteiger partial charge in [0, 0.05) is 18.8 Å². The van der Waals surface area contributed by atoms with Crippen LogP contribution in [0.3, 0.4) is 0 Å². The molecule has 142 valence electrons. The van der Waals surface area contributed by atoms with Crippen molar-refractivity contribution < 1.29 is 18.0 Å². The average molecular weight is 379 g/mol. The molecular formula is C18H25N3O4S. The van der Waals surface area contributed by atoms with Crippen LogP contribution < -0.4 is 10.0 Å². The van der Waals surface area contributed by atoms with E-state index >= 15 is 0 Å². The first-order valence-corrected chi connectivity index (χ1v) is 10.5. The number of piperidine rings is 1. The van der Waals surface area contributed by atoms with Gasteiger partial charge in [-0.25, -0.2) is 8.42 Å². The number of anilines is 1. The second-order valence-electron chi connectivity index (χ2n) is 7.27. The molecule has 1 aromatic rings. The number of sulfonamides is 1. The van der Waals surface area contributed by atoms with E-state index in [-0.39, 0.29) is 29.0 Å². The first kappa shape index (κ1) is 18.8. The van der Waals surface area contributed by atoms with E-state index in [9.17, 15) is 18.0 Å². The molecule has 2 aliphatic rings. The molecule has 1 aromatic carbocycles. The smallest absolute Gasteiger partial charge is 0.241 e. The highest BCUT2D eigenvalue weighted by Crippen LogP contribution is 2.26. The number of nitrogens with zero attached hydrogens (tertiary/aromatic N) is 1. The fourth-order valence-electron chi connectivity index (χ4n) is 3.39. The molecule has 2 heterocycles. The van der Waals surface area contributed by atoms with Gasteiger partial charge in [-0.3, -0.25) is 9.59 Å². The standard InChI is InChI=1S/C18H25N3O4S/c1-12(2)17(18(23)21-8-4-3-5-9-21)20-26(24,25)14-6-7-15-13(10-14)11-16(22)19-15/h6-7,10,12,17,20H,3-5,8-9,11H2,1-2H3,(H,19,22)/t17-/m0/s1. The van der Waals surface area contributed by atoms with Gasteiger partial charge in [0.1, 0.15) is 6.04 Å². The zero-order valence-corrected chi connectivity index (χ0v) is 15.9. The molecule has 7 nitrogen and oxygen atoms in total. The molecule has 0 bridgehead atoms. The molecule has 2 amide bonds. The van der Waals surface area contributed by atoms with Gasteiger partial charge in [0.25, 0.3) is 0 Å². The number of fused-ring (bicyclic) bond motifs is 1. The zero-order chi connectivity index (χ0) is 18.9. The van der Waals surface area contributed by atoms with Crippen molar-refractivity contribution in [3.05, 3.63) is 23.8 Å². The summed E-state index contributed by atoms with van der Waals surface area (Å²) in [6, 6.07) is 3.74. The number of carbonyl (C=O) groups excluding carboxylic acids is 2. The summed E-state index contributed by atoms with van der Waals surface area (Å²) >= 11 is 0. The number of benzene rings is 1. The molecule has 2 N–H and O–H groups in total. The number of carbonyl (C=O) groups is 2. The van der Waals surface area contributed by atoms with Gasteiger partial charge in [-0.1, -0.05) is 13.8 Å². The highest BCUT2D eigenvalue weighted by Gasteiger charge is 2.32. The number of rotatable bonds is 5. The zero-order valence-electron chi connectivity index (χ0n) is 15.1. The minimum atomic E-state index is -3.86. The largest absolute Gasteiger partial charge is 0.341 e. The fraction of sp³-hybridized carbons (Fsp3) is 0.556. The van der Waals surface area contributed by atoms with Crippen LogP contribution in [-0.4, -0.2) is 44.3 Å². The maximum atomic E-state index is 12.8. The van der Waals surface area contributed by atoms with Gasteiger partial charge in [-0.2, -0.15) is 4.72 Å². The summed E-state index contributed by atoms with van der Waals surface area (Å²) in [4.78, 5) is 26.1. The summed E-state index contributed by atoms with van der Waals surface area (Å²) in [5, 5.41) is 2.68. The van der Waals surface area contributed by atoms with Crippen LogP contribution in [-0.2, 0) is 26.0 Å². The Morgan fingerprint density at radius 2 is 1.88 bits per heavy atom. The van der Waals surface area contributed by atoms with Gasteiger partial charge in [-0.05, 0) is 48.9 Å². The minimum Gasteiger partial charge on any atom is -0.341 e. The normalized spacial score (nSPS) is 18.6. The van der Waals surface area contributed by atoms with E-state index in [2.05, 4.69) is 10.0 Å². The van der Waals surface area contributed by atoms with Gasteiger partial charge in [0.05, 0.1) is 11.3 Å². The highest BCUT2D eigenvalue weighted by molar-refractivity contribution is 7.89. The summed E-state index contributed by atoms with van der Waals surface area (Å²) in [5.74, 6) is -0.485. The summed E-state index contributed by atoms with van der Waals surface area (Å²) in [5.41, 5.74) is 1.29. The number of amides is 2. The Bertz CT molecular complexity index is 814. The predicted octanol–water partition coefficient (Wildman–Crippen LogP) is 1.50. The Kier molecular flexibility index (Phi) is 5.34. The van der Waals surface area contributed by atoms with E-state index in [1.165, 1.54) is 12.1 Å². The van der Waals surface area contributed by atoms with Crippen LogP contribution >= 0.6 is 0 Å². The van der Waals surface area contributed by atoms with E-state index in [4.69, 9.17) is 0 Å². The molecule has 1 fully saturated rings. The molecule has 1 saturated heterocycles. The lowest BCUT2D eigenvalue weighted by molar-refractivity contribution is -0.134. The van der Waals surface area contributed by atoms with Crippen LogP contribution in [0, 0.1) is 5.92 Å². The number of nitrogens with one attached hydrogen (secondary N) is 2. The Labute approximate surface area is 154 Å². The van der Waals surface area contributed by atoms with Crippen molar-refractivity contribution in [2.45, 2.75) is 50.5 Å². The van der Waals surface area contributed by atoms with Crippen molar-refractivity contribution in [3.8, 4) is 0 Å². The van der Waals surface area contributed by atoms with Crippen LogP contribution in [0.2, 0.25) is 0 Å². The van der Waals surface area contributed by atoms with E-state index in [1.54, 1.807) is 11.0 Å². The van der Waals surface area contributed by atoms with E-state index in [1.807, 2.05) is 13.8 Å². The molecule has 26 heavy (non-hydrogen) atoms. The third-order valence-electron chi connectivity index (χ3n) is 4.89. The molecular weight excluding hydrogens is 354 g/mol. The first-order valence-electron chi connectivity index (χ1n) is 9.02. The molecule has 0 unspecified atom stereocenters. The van der Waals surface area contributed by atoms with Crippen molar-refractivity contribution >= 4 is 27.5 Å². The Morgan fingerprint density at radius 1 is 1.19 bits per heavy atom. The summed E-state index contributed by atoms with van der Waals surface area (Å²) in [6.45, 7) is 5.02. The Morgan fingerprint density at radius 3 is 2.54 bits per heavy atom. The van der Waals surface area contributed by atoms with E-state index in [0.717, 1.165) is 19.3 Å². The second-order valence-corrected chi connectivity index (χ2v) is 8.99. The van der Waals surface area contributed by atoms with E-state index < -0.39 is 16.1 Å². The van der Waals surface area contributed by atoms with Crippen LogP contribution in [0.1, 0.15) is 38.7 Å². The SMILES string of the molecule is CC(C)[C@H](NS(=O)(=O)c1ccc2c(c1)CC(=O)N2)C(=O)N1CCCCC1. The van der Waals surface area contributed by atoms with E-state index in [0.29, 0.717) is 24.3 Å². The van der Waals surface area contributed by atoms with Crippen molar-refractivity contribution in [1.29, 1.82) is 0 Å². The molecule has 0 saturated carbocycles. The third kappa shape index (κ3) is 3.91. The lowest BCUT2D eigenvalue weighted by Gasteiger charge is -2.32. The lowest BCUT2D eigenvalue weighted by atomic mass is 10.0. The van der Waals surface area contributed by atoms with Gasteiger partial charge in [-0.15, -0.1) is 0 Å². The quantitative estimate of drug-likeness (QED) is 0.810. The monoisotopic (exact) mass is 379 g/mol. The molecule has 1 atom stereocenters. The Balaban J connectivity index is 1.81. The van der Waals surface area contributed by atoms with Crippen LogP contribution in [0.25, 0.3) is 0 Å². The van der Waals surface area contributed by atoms with Gasteiger partial charge in [0.15, 0.2) is 0 Å². The Hall–Kier alpha value is -1.93. The second kappa shape index (κ2) is 7.36. The van der Waals surface area contributed by atoms with Crippen molar-refractivity contribution in [3.63, 3.8) is 0 Å². The maximum Gasteiger partial charge on any atom is 0.241 e. The third-order valence-corrected chi connectivity index (χ3v) is 6.33. The summed E-state index contributed by atoms with van der Waals surface area (Å²) < 4.78 is 28.2.